The highest BCUT2D eigenvalue weighted by Crippen LogP contribution is 2.40. The molecule has 0 aromatic heterocycles. The van der Waals surface area contributed by atoms with Gasteiger partial charge in [0.2, 0.25) is 0 Å². The number of hydrogen-bond donors (Lipinski definition) is 0. The Morgan fingerprint density at radius 3 is 2.68 bits per heavy atom. The molecule has 3 aromatic rings. The zero-order valence-corrected chi connectivity index (χ0v) is 19.4. The van der Waals surface area contributed by atoms with Gasteiger partial charge in [0.1, 0.15) is 28.8 Å². The number of aryl methyl sites for hydroxylation is 1. The summed E-state index contributed by atoms with van der Waals surface area (Å²) in [5.41, 5.74) is 2.78. The average molecular weight is 460 g/mol. The maximum atomic E-state index is 14.2. The molecule has 1 amide bonds. The number of fused-ring (bicyclic) bond motifs is 2. The van der Waals surface area contributed by atoms with E-state index in [1.54, 1.807) is 24.1 Å². The minimum Gasteiger partial charge on any atom is -0.497 e. The normalized spacial score (nSPS) is 17.2. The van der Waals surface area contributed by atoms with Gasteiger partial charge in [-0.2, -0.15) is 0 Å². The molecule has 2 heterocycles. The van der Waals surface area contributed by atoms with Crippen molar-refractivity contribution in [3.63, 3.8) is 0 Å². The third kappa shape index (κ3) is 3.98. The molecule has 34 heavy (non-hydrogen) atoms. The van der Waals surface area contributed by atoms with Crippen LogP contribution in [-0.2, 0) is 0 Å². The summed E-state index contributed by atoms with van der Waals surface area (Å²) in [6.07, 6.45) is 0. The SMILES string of the molecule is COc1ccc2c(c1)Oc1cc(C)ccc1N=C2N1CCN(C(=O)c2ccccc2F)[C@@H](C)C1. The number of amides is 1. The van der Waals surface area contributed by atoms with Gasteiger partial charge in [-0.3, -0.25) is 4.79 Å². The Labute approximate surface area is 198 Å². The molecule has 0 unspecified atom stereocenters. The van der Waals surface area contributed by atoms with Crippen LogP contribution in [0.15, 0.2) is 65.7 Å². The van der Waals surface area contributed by atoms with Crippen LogP contribution in [0.2, 0.25) is 0 Å². The lowest BCUT2D eigenvalue weighted by Gasteiger charge is -2.41. The fourth-order valence-electron chi connectivity index (χ4n) is 4.47. The van der Waals surface area contributed by atoms with Crippen LogP contribution in [0.4, 0.5) is 10.1 Å². The Morgan fingerprint density at radius 2 is 1.91 bits per heavy atom. The van der Waals surface area contributed by atoms with Crippen molar-refractivity contribution in [3.05, 3.63) is 83.2 Å². The number of halogens is 1. The fourth-order valence-corrected chi connectivity index (χ4v) is 4.47. The molecule has 0 bridgehead atoms. The first-order valence-corrected chi connectivity index (χ1v) is 11.3. The van der Waals surface area contributed by atoms with E-state index in [4.69, 9.17) is 14.5 Å². The van der Waals surface area contributed by atoms with Gasteiger partial charge in [0.15, 0.2) is 5.75 Å². The number of ether oxygens (including phenoxy) is 2. The zero-order chi connectivity index (χ0) is 23.8. The first-order chi connectivity index (χ1) is 16.4. The third-order valence-corrected chi connectivity index (χ3v) is 6.28. The van der Waals surface area contributed by atoms with Gasteiger partial charge in [-0.1, -0.05) is 18.2 Å². The zero-order valence-electron chi connectivity index (χ0n) is 19.4. The van der Waals surface area contributed by atoms with Crippen LogP contribution in [0, 0.1) is 12.7 Å². The molecule has 1 atom stereocenters. The highest BCUT2D eigenvalue weighted by atomic mass is 19.1. The number of carbonyl (C=O) groups excluding carboxylic acids is 1. The maximum absolute atomic E-state index is 14.2. The number of hydrogen-bond acceptors (Lipinski definition) is 5. The molecule has 2 aliphatic heterocycles. The van der Waals surface area contributed by atoms with E-state index in [0.29, 0.717) is 36.9 Å². The van der Waals surface area contributed by atoms with Gasteiger partial charge in [-0.25, -0.2) is 9.38 Å². The summed E-state index contributed by atoms with van der Waals surface area (Å²) in [6.45, 7) is 5.58. The average Bonchev–Trinajstić information content (AvgIpc) is 2.99. The summed E-state index contributed by atoms with van der Waals surface area (Å²) >= 11 is 0. The maximum Gasteiger partial charge on any atom is 0.257 e. The fraction of sp³-hybridized carbons (Fsp3) is 0.259. The van der Waals surface area contributed by atoms with Crippen molar-refractivity contribution in [2.75, 3.05) is 26.7 Å². The second kappa shape index (κ2) is 8.82. The van der Waals surface area contributed by atoms with E-state index < -0.39 is 5.82 Å². The van der Waals surface area contributed by atoms with E-state index in [0.717, 1.165) is 22.6 Å². The highest BCUT2D eigenvalue weighted by molar-refractivity contribution is 6.04. The van der Waals surface area contributed by atoms with E-state index in [9.17, 15) is 9.18 Å². The minimum atomic E-state index is -0.498. The summed E-state index contributed by atoms with van der Waals surface area (Å²) in [5.74, 6) is 2.04. The van der Waals surface area contributed by atoms with Gasteiger partial charge >= 0.3 is 0 Å². The molecule has 3 aromatic carbocycles. The van der Waals surface area contributed by atoms with Crippen LogP contribution in [0.3, 0.4) is 0 Å². The number of piperazine rings is 1. The molecule has 7 heteroatoms. The van der Waals surface area contributed by atoms with Crippen molar-refractivity contribution in [1.29, 1.82) is 0 Å². The lowest BCUT2D eigenvalue weighted by Crippen LogP contribution is -2.55. The minimum absolute atomic E-state index is 0.102. The largest absolute Gasteiger partial charge is 0.497 e. The van der Waals surface area contributed by atoms with Gasteiger partial charge in [-0.15, -0.1) is 0 Å². The number of methoxy groups -OCH3 is 1. The Morgan fingerprint density at radius 1 is 1.09 bits per heavy atom. The summed E-state index contributed by atoms with van der Waals surface area (Å²) < 4.78 is 25.9. The molecule has 0 radical (unpaired) electrons. The van der Waals surface area contributed by atoms with E-state index >= 15 is 0 Å². The van der Waals surface area contributed by atoms with Crippen molar-refractivity contribution in [2.45, 2.75) is 19.9 Å². The lowest BCUT2D eigenvalue weighted by atomic mass is 10.1. The number of aliphatic imine (C=N–C) groups is 1. The number of rotatable bonds is 2. The molecular weight excluding hydrogens is 433 g/mol. The molecule has 174 valence electrons. The first-order valence-electron chi connectivity index (χ1n) is 11.3. The van der Waals surface area contributed by atoms with Crippen molar-refractivity contribution >= 4 is 17.4 Å². The van der Waals surface area contributed by atoms with Crippen LogP contribution in [0.25, 0.3) is 0 Å². The van der Waals surface area contributed by atoms with Crippen LogP contribution < -0.4 is 9.47 Å². The van der Waals surface area contributed by atoms with Crippen LogP contribution >= 0.6 is 0 Å². The molecular formula is C27H26FN3O3. The summed E-state index contributed by atoms with van der Waals surface area (Å²) in [7, 11) is 1.62. The van der Waals surface area contributed by atoms with Crippen molar-refractivity contribution in [2.24, 2.45) is 4.99 Å². The Hall–Kier alpha value is -3.87. The highest BCUT2D eigenvalue weighted by Gasteiger charge is 2.32. The van der Waals surface area contributed by atoms with Gasteiger partial charge in [0.05, 0.1) is 18.2 Å². The van der Waals surface area contributed by atoms with Gasteiger partial charge in [-0.05, 0) is 55.8 Å². The van der Waals surface area contributed by atoms with Gasteiger partial charge in [0.25, 0.3) is 5.91 Å². The summed E-state index contributed by atoms with van der Waals surface area (Å²) in [6, 6.07) is 17.6. The molecule has 0 spiro atoms. The van der Waals surface area contributed by atoms with E-state index in [-0.39, 0.29) is 17.5 Å². The summed E-state index contributed by atoms with van der Waals surface area (Å²) in [4.78, 5) is 21.9. The number of carbonyl (C=O) groups is 1. The Bertz CT molecular complexity index is 1290. The molecule has 0 saturated carbocycles. The molecule has 1 fully saturated rings. The van der Waals surface area contributed by atoms with Crippen LogP contribution in [0.1, 0.15) is 28.4 Å². The molecule has 6 nitrogen and oxygen atoms in total. The van der Waals surface area contributed by atoms with E-state index in [1.807, 2.05) is 50.2 Å². The third-order valence-electron chi connectivity index (χ3n) is 6.28. The molecule has 0 aliphatic carbocycles. The lowest BCUT2D eigenvalue weighted by molar-refractivity contribution is 0.0576. The van der Waals surface area contributed by atoms with Crippen molar-refractivity contribution in [1.82, 2.24) is 9.80 Å². The second-order valence-corrected chi connectivity index (χ2v) is 8.64. The van der Waals surface area contributed by atoms with Crippen LogP contribution in [0.5, 0.6) is 17.2 Å². The van der Waals surface area contributed by atoms with Crippen molar-refractivity contribution < 1.29 is 18.7 Å². The smallest absolute Gasteiger partial charge is 0.257 e. The Balaban J connectivity index is 1.48. The Kier molecular flexibility index (Phi) is 5.69. The number of nitrogens with zero attached hydrogens (tertiary/aromatic N) is 3. The first kappa shape index (κ1) is 21.9. The summed E-state index contributed by atoms with van der Waals surface area (Å²) in [5, 5.41) is 0. The topological polar surface area (TPSA) is 54.4 Å². The molecule has 0 N–H and O–H groups in total. The van der Waals surface area contributed by atoms with E-state index in [1.165, 1.54) is 12.1 Å². The predicted molar refractivity (Wildman–Crippen MR) is 129 cm³/mol. The number of amidine groups is 1. The monoisotopic (exact) mass is 459 g/mol. The molecule has 2 aliphatic rings. The van der Waals surface area contributed by atoms with Crippen LogP contribution in [-0.4, -0.2) is 54.3 Å². The van der Waals surface area contributed by atoms with Gasteiger partial charge in [0, 0.05) is 31.7 Å². The number of benzene rings is 3. The van der Waals surface area contributed by atoms with E-state index in [2.05, 4.69) is 4.90 Å². The molecule has 1 saturated heterocycles. The quantitative estimate of drug-likeness (QED) is 0.530. The van der Waals surface area contributed by atoms with Crippen molar-refractivity contribution in [3.8, 4) is 17.2 Å². The predicted octanol–water partition coefficient (Wildman–Crippen LogP) is 5.17. The standard InChI is InChI=1S/C27H26FN3O3/c1-17-8-11-23-25(14-17)34-24-15-19(33-3)9-10-21(24)26(29-23)30-12-13-31(18(2)16-30)27(32)20-6-4-5-7-22(20)28/h4-11,14-15,18H,12-13,16H2,1-3H3/t18-/m0/s1. The molecule has 5 rings (SSSR count). The second-order valence-electron chi connectivity index (χ2n) is 8.64. The van der Waals surface area contributed by atoms with Gasteiger partial charge < -0.3 is 19.3 Å².